The van der Waals surface area contributed by atoms with Gasteiger partial charge < -0.3 is 10.1 Å². The van der Waals surface area contributed by atoms with E-state index in [1.807, 2.05) is 38.2 Å². The van der Waals surface area contributed by atoms with Gasteiger partial charge in [0.15, 0.2) is 0 Å². The Hall–Kier alpha value is -1.35. The van der Waals surface area contributed by atoms with Gasteiger partial charge in [-0.25, -0.2) is 0 Å². The van der Waals surface area contributed by atoms with Crippen molar-refractivity contribution in [1.82, 2.24) is 5.32 Å². The van der Waals surface area contributed by atoms with Crippen molar-refractivity contribution in [2.24, 2.45) is 0 Å². The molecule has 1 aromatic carbocycles. The Morgan fingerprint density at radius 2 is 1.87 bits per heavy atom. The summed E-state index contributed by atoms with van der Waals surface area (Å²) in [6, 6.07) is 7.96. The topological polar surface area (TPSA) is 38.3 Å². The molecule has 82 valence electrons. The second-order valence-electron chi connectivity index (χ2n) is 3.33. The van der Waals surface area contributed by atoms with Crippen LogP contribution >= 0.6 is 0 Å². The summed E-state index contributed by atoms with van der Waals surface area (Å²) in [5.74, 6) is -0.168. The van der Waals surface area contributed by atoms with Crippen molar-refractivity contribution in [3.63, 3.8) is 0 Å². The monoisotopic (exact) mass is 207 g/mol. The normalized spacial score (nSPS) is 10.0. The van der Waals surface area contributed by atoms with E-state index in [1.165, 1.54) is 5.56 Å². The summed E-state index contributed by atoms with van der Waals surface area (Å²) in [7, 11) is 1.91. The van der Waals surface area contributed by atoms with Crippen LogP contribution < -0.4 is 5.32 Å². The Labute approximate surface area is 90.4 Å². The molecule has 0 atom stereocenters. The van der Waals surface area contributed by atoms with Crippen LogP contribution in [0.1, 0.15) is 18.1 Å². The van der Waals surface area contributed by atoms with Crippen molar-refractivity contribution in [3.8, 4) is 0 Å². The van der Waals surface area contributed by atoms with Crippen LogP contribution in [0.3, 0.4) is 0 Å². The van der Waals surface area contributed by atoms with E-state index in [1.54, 1.807) is 0 Å². The molecule has 1 aromatic rings. The molecule has 0 saturated heterocycles. The van der Waals surface area contributed by atoms with Crippen LogP contribution in [0.2, 0.25) is 0 Å². The number of hydrogen-bond acceptors (Lipinski definition) is 3. The van der Waals surface area contributed by atoms with Gasteiger partial charge in [-0.3, -0.25) is 4.79 Å². The summed E-state index contributed by atoms with van der Waals surface area (Å²) >= 11 is 0. The lowest BCUT2D eigenvalue weighted by atomic mass is 10.1. The Balaban J connectivity index is 2.52. The molecule has 0 fully saturated rings. The molecule has 0 bridgehead atoms. The van der Waals surface area contributed by atoms with Crippen molar-refractivity contribution < 1.29 is 9.53 Å². The van der Waals surface area contributed by atoms with E-state index >= 15 is 0 Å². The van der Waals surface area contributed by atoms with Gasteiger partial charge in [-0.1, -0.05) is 24.3 Å². The molecule has 0 aliphatic carbocycles. The van der Waals surface area contributed by atoms with E-state index < -0.39 is 0 Å². The molecule has 0 aliphatic rings. The van der Waals surface area contributed by atoms with Crippen molar-refractivity contribution >= 4 is 5.97 Å². The standard InChI is InChI=1S/C12H17NO2/c1-3-15-12(14)8-10-4-6-11(7-5-10)9-13-2/h4-7,13H,3,8-9H2,1-2H3. The van der Waals surface area contributed by atoms with Crippen LogP contribution in [0.25, 0.3) is 0 Å². The molecule has 0 aromatic heterocycles. The molecule has 0 saturated carbocycles. The minimum Gasteiger partial charge on any atom is -0.466 e. The van der Waals surface area contributed by atoms with Gasteiger partial charge in [-0.2, -0.15) is 0 Å². The molecule has 0 unspecified atom stereocenters. The second-order valence-corrected chi connectivity index (χ2v) is 3.33. The minimum absolute atomic E-state index is 0.168. The smallest absolute Gasteiger partial charge is 0.310 e. The molecule has 3 heteroatoms. The summed E-state index contributed by atoms with van der Waals surface area (Å²) < 4.78 is 4.87. The Bertz CT molecular complexity index is 306. The van der Waals surface area contributed by atoms with Crippen LogP contribution in [0.15, 0.2) is 24.3 Å². The first-order valence-corrected chi connectivity index (χ1v) is 5.14. The number of carbonyl (C=O) groups is 1. The molecule has 0 radical (unpaired) electrons. The maximum Gasteiger partial charge on any atom is 0.310 e. The predicted molar refractivity (Wildman–Crippen MR) is 59.5 cm³/mol. The number of nitrogens with one attached hydrogen (secondary N) is 1. The third kappa shape index (κ3) is 4.13. The summed E-state index contributed by atoms with van der Waals surface area (Å²) in [5.41, 5.74) is 2.21. The molecule has 0 spiro atoms. The highest BCUT2D eigenvalue weighted by atomic mass is 16.5. The number of rotatable bonds is 5. The fourth-order valence-corrected chi connectivity index (χ4v) is 1.36. The number of hydrogen-bond donors (Lipinski definition) is 1. The largest absolute Gasteiger partial charge is 0.466 e. The van der Waals surface area contributed by atoms with Gasteiger partial charge in [0.2, 0.25) is 0 Å². The maximum absolute atomic E-state index is 11.2. The van der Waals surface area contributed by atoms with Gasteiger partial charge in [0.05, 0.1) is 13.0 Å². The lowest BCUT2D eigenvalue weighted by molar-refractivity contribution is -0.142. The maximum atomic E-state index is 11.2. The van der Waals surface area contributed by atoms with E-state index in [4.69, 9.17) is 4.74 Å². The van der Waals surface area contributed by atoms with Gasteiger partial charge in [0.25, 0.3) is 0 Å². The van der Waals surface area contributed by atoms with Crippen LogP contribution in [0.5, 0.6) is 0 Å². The van der Waals surface area contributed by atoms with E-state index in [-0.39, 0.29) is 5.97 Å². The average molecular weight is 207 g/mol. The first-order valence-electron chi connectivity index (χ1n) is 5.14. The summed E-state index contributed by atoms with van der Waals surface area (Å²) in [6.07, 6.45) is 0.355. The SMILES string of the molecule is CCOC(=O)Cc1ccc(CNC)cc1. The lowest BCUT2D eigenvalue weighted by Gasteiger charge is -2.03. The Kier molecular flexibility index (Phi) is 4.84. The van der Waals surface area contributed by atoms with E-state index in [9.17, 15) is 4.79 Å². The number of carbonyl (C=O) groups excluding carboxylic acids is 1. The van der Waals surface area contributed by atoms with Crippen LogP contribution in [-0.4, -0.2) is 19.6 Å². The fraction of sp³-hybridized carbons (Fsp3) is 0.417. The summed E-state index contributed by atoms with van der Waals surface area (Å²) in [5, 5.41) is 3.07. The van der Waals surface area contributed by atoms with E-state index in [0.717, 1.165) is 12.1 Å². The van der Waals surface area contributed by atoms with E-state index in [2.05, 4.69) is 5.32 Å². The van der Waals surface area contributed by atoms with E-state index in [0.29, 0.717) is 13.0 Å². The molecule has 3 nitrogen and oxygen atoms in total. The van der Waals surface area contributed by atoms with Gasteiger partial charge in [-0.05, 0) is 25.1 Å². The minimum atomic E-state index is -0.168. The molecule has 0 heterocycles. The van der Waals surface area contributed by atoms with Crippen LogP contribution in [0, 0.1) is 0 Å². The molecule has 1 rings (SSSR count). The predicted octanol–water partition coefficient (Wildman–Crippen LogP) is 1.51. The van der Waals surface area contributed by atoms with Crippen molar-refractivity contribution in [1.29, 1.82) is 0 Å². The summed E-state index contributed by atoms with van der Waals surface area (Å²) in [6.45, 7) is 3.10. The Morgan fingerprint density at radius 3 is 2.40 bits per heavy atom. The Morgan fingerprint density at radius 1 is 1.27 bits per heavy atom. The fourth-order valence-electron chi connectivity index (χ4n) is 1.36. The molecule has 15 heavy (non-hydrogen) atoms. The molecule has 1 N–H and O–H groups in total. The van der Waals surface area contributed by atoms with Crippen LogP contribution in [0.4, 0.5) is 0 Å². The van der Waals surface area contributed by atoms with Crippen molar-refractivity contribution in [2.45, 2.75) is 19.9 Å². The highest BCUT2D eigenvalue weighted by molar-refractivity contribution is 5.72. The number of esters is 1. The van der Waals surface area contributed by atoms with Gasteiger partial charge in [-0.15, -0.1) is 0 Å². The summed E-state index contributed by atoms with van der Waals surface area (Å²) in [4.78, 5) is 11.2. The third-order valence-electron chi connectivity index (χ3n) is 2.06. The van der Waals surface area contributed by atoms with Gasteiger partial charge >= 0.3 is 5.97 Å². The number of benzene rings is 1. The second kappa shape index (κ2) is 6.19. The highest BCUT2D eigenvalue weighted by Crippen LogP contribution is 2.05. The first-order chi connectivity index (χ1) is 7.26. The first kappa shape index (κ1) is 11.7. The van der Waals surface area contributed by atoms with Crippen LogP contribution in [-0.2, 0) is 22.5 Å². The zero-order valence-electron chi connectivity index (χ0n) is 9.25. The van der Waals surface area contributed by atoms with Gasteiger partial charge in [0, 0.05) is 6.54 Å². The molecule has 0 amide bonds. The average Bonchev–Trinajstić information content (AvgIpc) is 2.22. The molecule has 0 aliphatic heterocycles. The zero-order chi connectivity index (χ0) is 11.1. The molecular formula is C12H17NO2. The van der Waals surface area contributed by atoms with Crippen molar-refractivity contribution in [2.75, 3.05) is 13.7 Å². The lowest BCUT2D eigenvalue weighted by Crippen LogP contribution is -2.08. The number of ether oxygens (including phenoxy) is 1. The quantitative estimate of drug-likeness (QED) is 0.744. The molecular weight excluding hydrogens is 190 g/mol. The highest BCUT2D eigenvalue weighted by Gasteiger charge is 2.03. The third-order valence-corrected chi connectivity index (χ3v) is 2.06. The zero-order valence-corrected chi connectivity index (χ0v) is 9.25. The van der Waals surface area contributed by atoms with Crippen molar-refractivity contribution in [3.05, 3.63) is 35.4 Å². The van der Waals surface area contributed by atoms with Gasteiger partial charge in [0.1, 0.15) is 0 Å².